The minimum absolute atomic E-state index is 0.00160. The number of nitrogens with one attached hydrogen (secondary N) is 1. The molecule has 1 aliphatic rings. The van der Waals surface area contributed by atoms with Crippen molar-refractivity contribution in [3.05, 3.63) is 140 Å². The van der Waals surface area contributed by atoms with Crippen molar-refractivity contribution in [2.24, 2.45) is 0 Å². The lowest BCUT2D eigenvalue weighted by atomic mass is 9.80. The van der Waals surface area contributed by atoms with Crippen LogP contribution in [0.5, 0.6) is 0 Å². The Balaban J connectivity index is 1.56. The van der Waals surface area contributed by atoms with Gasteiger partial charge in [0.2, 0.25) is 0 Å². The maximum absolute atomic E-state index is 12.5. The van der Waals surface area contributed by atoms with Crippen LogP contribution in [0.4, 0.5) is 0 Å². The maximum atomic E-state index is 12.5. The lowest BCUT2D eigenvalue weighted by molar-refractivity contribution is -0.0910. The zero-order valence-electron chi connectivity index (χ0n) is 21.5. The van der Waals surface area contributed by atoms with Crippen molar-refractivity contribution in [2.75, 3.05) is 12.9 Å². The predicted octanol–water partition coefficient (Wildman–Crippen LogP) is 3.83. The molecule has 0 aliphatic carbocycles. The van der Waals surface area contributed by atoms with Crippen molar-refractivity contribution in [3.63, 3.8) is 0 Å². The molecule has 0 saturated carbocycles. The van der Waals surface area contributed by atoms with Gasteiger partial charge in [0.15, 0.2) is 0 Å². The summed E-state index contributed by atoms with van der Waals surface area (Å²) in [5, 5.41) is -0.209. The van der Waals surface area contributed by atoms with E-state index in [1.165, 1.54) is 0 Å². The SMILES string of the molecule is CS(=O)(=O)O[C@H]1C[C@H](n2cc(Cl)c(=O)[nH]c2=O)O[C@@H]1COC(c1ccccc1)(c1ccccc1)c1ccccc1. The summed E-state index contributed by atoms with van der Waals surface area (Å²) in [7, 11) is -3.89. The molecule has 9 nitrogen and oxygen atoms in total. The number of rotatable bonds is 9. The summed E-state index contributed by atoms with van der Waals surface area (Å²) in [6.07, 6.45) is -0.717. The van der Waals surface area contributed by atoms with Crippen molar-refractivity contribution in [1.82, 2.24) is 9.55 Å². The van der Waals surface area contributed by atoms with Crippen LogP contribution < -0.4 is 11.2 Å². The Morgan fingerprint density at radius 3 is 1.90 bits per heavy atom. The number of nitrogens with zero attached hydrogens (tertiary/aromatic N) is 1. The van der Waals surface area contributed by atoms with Gasteiger partial charge in [-0.05, 0) is 16.7 Å². The molecule has 1 fully saturated rings. The Labute approximate surface area is 236 Å². The van der Waals surface area contributed by atoms with E-state index in [4.69, 9.17) is 25.3 Å². The van der Waals surface area contributed by atoms with E-state index >= 15 is 0 Å². The zero-order valence-corrected chi connectivity index (χ0v) is 23.0. The lowest BCUT2D eigenvalue weighted by Gasteiger charge is -2.37. The van der Waals surface area contributed by atoms with Crippen LogP contribution >= 0.6 is 11.6 Å². The summed E-state index contributed by atoms with van der Waals surface area (Å²) in [4.78, 5) is 26.4. The molecule has 0 bridgehead atoms. The van der Waals surface area contributed by atoms with Gasteiger partial charge in [0.25, 0.3) is 15.7 Å². The first kappa shape index (κ1) is 28.0. The minimum atomic E-state index is -3.89. The zero-order chi connectivity index (χ0) is 28.3. The van der Waals surface area contributed by atoms with Gasteiger partial charge in [-0.1, -0.05) is 103 Å². The van der Waals surface area contributed by atoms with Crippen molar-refractivity contribution in [1.29, 1.82) is 0 Å². The molecule has 0 amide bonds. The van der Waals surface area contributed by atoms with Gasteiger partial charge in [-0.25, -0.2) is 4.79 Å². The van der Waals surface area contributed by atoms with E-state index in [9.17, 15) is 18.0 Å². The second-order valence-electron chi connectivity index (χ2n) is 9.44. The molecule has 0 spiro atoms. The van der Waals surface area contributed by atoms with Crippen LogP contribution in [0.2, 0.25) is 5.02 Å². The topological polar surface area (TPSA) is 117 Å². The standard InChI is InChI=1S/C29H27ClN2O7S/c1-40(35,36)39-24-17-26(32-18-23(30)27(33)31-28(32)34)38-25(24)19-37-29(20-11-5-2-6-12-20,21-13-7-3-8-14-21)22-15-9-4-10-16-22/h2-16,18,24-26H,17,19H2,1H3,(H,31,33,34)/t24-,25+,26+/m0/s1. The summed E-state index contributed by atoms with van der Waals surface area (Å²) in [5.74, 6) is 0. The quantitative estimate of drug-likeness (QED) is 0.235. The molecule has 1 N–H and O–H groups in total. The molecule has 5 rings (SSSR count). The molecule has 3 aromatic carbocycles. The van der Waals surface area contributed by atoms with Gasteiger partial charge < -0.3 is 9.47 Å². The highest BCUT2D eigenvalue weighted by Crippen LogP contribution is 2.42. The molecular weight excluding hydrogens is 556 g/mol. The Morgan fingerprint density at radius 1 is 0.925 bits per heavy atom. The van der Waals surface area contributed by atoms with E-state index < -0.39 is 45.4 Å². The molecule has 208 valence electrons. The highest BCUT2D eigenvalue weighted by molar-refractivity contribution is 7.86. The number of hydrogen-bond donors (Lipinski definition) is 1. The van der Waals surface area contributed by atoms with Crippen LogP contribution in [-0.4, -0.2) is 43.0 Å². The fraction of sp³-hybridized carbons (Fsp3) is 0.241. The summed E-state index contributed by atoms with van der Waals surface area (Å²) >= 11 is 5.96. The third kappa shape index (κ3) is 5.81. The van der Waals surface area contributed by atoms with Gasteiger partial charge in [0.05, 0.1) is 12.9 Å². The van der Waals surface area contributed by atoms with E-state index in [1.807, 2.05) is 91.0 Å². The van der Waals surface area contributed by atoms with Crippen molar-refractivity contribution >= 4 is 21.7 Å². The largest absolute Gasteiger partial charge is 0.358 e. The number of H-pyrrole nitrogens is 1. The van der Waals surface area contributed by atoms with E-state index in [2.05, 4.69) is 4.98 Å². The average molecular weight is 583 g/mol. The van der Waals surface area contributed by atoms with Gasteiger partial charge >= 0.3 is 5.69 Å². The molecule has 11 heteroatoms. The Morgan fingerprint density at radius 2 is 1.43 bits per heavy atom. The molecule has 0 radical (unpaired) electrons. The first-order valence-electron chi connectivity index (χ1n) is 12.5. The molecule has 2 heterocycles. The van der Waals surface area contributed by atoms with Gasteiger partial charge in [-0.3, -0.25) is 18.5 Å². The van der Waals surface area contributed by atoms with Crippen molar-refractivity contribution in [3.8, 4) is 0 Å². The molecule has 1 aliphatic heterocycles. The molecular formula is C29H27ClN2O7S. The fourth-order valence-electron chi connectivity index (χ4n) is 5.00. The van der Waals surface area contributed by atoms with Crippen LogP contribution in [0.25, 0.3) is 0 Å². The Hall–Kier alpha value is -3.54. The summed E-state index contributed by atoms with van der Waals surface area (Å²) < 4.78 is 43.8. The maximum Gasteiger partial charge on any atom is 0.330 e. The molecule has 3 atom stereocenters. The van der Waals surface area contributed by atoms with Crippen LogP contribution in [-0.2, 0) is 29.4 Å². The highest BCUT2D eigenvalue weighted by atomic mass is 35.5. The van der Waals surface area contributed by atoms with Crippen molar-refractivity contribution < 1.29 is 22.1 Å². The predicted molar refractivity (Wildman–Crippen MR) is 150 cm³/mol. The first-order chi connectivity index (χ1) is 19.2. The lowest BCUT2D eigenvalue weighted by Crippen LogP contribution is -2.39. The third-order valence-electron chi connectivity index (χ3n) is 6.72. The van der Waals surface area contributed by atoms with Gasteiger partial charge in [-0.2, -0.15) is 8.42 Å². The van der Waals surface area contributed by atoms with E-state index in [1.54, 1.807) is 0 Å². The third-order valence-corrected chi connectivity index (χ3v) is 7.58. The Bertz CT molecular complexity index is 1580. The molecule has 1 saturated heterocycles. The van der Waals surface area contributed by atoms with Gasteiger partial charge in [0.1, 0.15) is 29.1 Å². The van der Waals surface area contributed by atoms with Crippen LogP contribution in [0.3, 0.4) is 0 Å². The number of aromatic nitrogens is 2. The molecule has 0 unspecified atom stereocenters. The Kier molecular flexibility index (Phi) is 8.07. The van der Waals surface area contributed by atoms with Gasteiger partial charge in [0, 0.05) is 12.6 Å². The second-order valence-corrected chi connectivity index (χ2v) is 11.4. The second kappa shape index (κ2) is 11.5. The number of hydrogen-bond acceptors (Lipinski definition) is 7. The normalized spacial score (nSPS) is 19.5. The minimum Gasteiger partial charge on any atom is -0.358 e. The molecule has 4 aromatic rings. The number of benzene rings is 3. The van der Waals surface area contributed by atoms with Crippen molar-refractivity contribution in [2.45, 2.75) is 30.5 Å². The fourth-order valence-corrected chi connectivity index (χ4v) is 5.80. The summed E-state index contributed by atoms with van der Waals surface area (Å²) in [6, 6.07) is 29.0. The summed E-state index contributed by atoms with van der Waals surface area (Å²) in [5.41, 5.74) is -0.00297. The van der Waals surface area contributed by atoms with E-state index in [-0.39, 0.29) is 18.1 Å². The average Bonchev–Trinajstić information content (AvgIpc) is 3.33. The summed E-state index contributed by atoms with van der Waals surface area (Å²) in [6.45, 7) is -0.0960. The van der Waals surface area contributed by atoms with Gasteiger partial charge in [-0.15, -0.1) is 0 Å². The van der Waals surface area contributed by atoms with E-state index in [0.717, 1.165) is 33.7 Å². The number of halogens is 1. The number of aromatic amines is 1. The smallest absolute Gasteiger partial charge is 0.330 e. The van der Waals surface area contributed by atoms with Crippen LogP contribution in [0.15, 0.2) is 107 Å². The van der Waals surface area contributed by atoms with Crippen LogP contribution in [0, 0.1) is 0 Å². The monoisotopic (exact) mass is 582 g/mol. The molecule has 40 heavy (non-hydrogen) atoms. The number of ether oxygens (including phenoxy) is 2. The highest BCUT2D eigenvalue weighted by Gasteiger charge is 2.44. The van der Waals surface area contributed by atoms with E-state index in [0.29, 0.717) is 0 Å². The van der Waals surface area contributed by atoms with Crippen LogP contribution in [0.1, 0.15) is 29.3 Å². The molecule has 1 aromatic heterocycles. The first-order valence-corrected chi connectivity index (χ1v) is 14.7.